The second-order valence-electron chi connectivity index (χ2n) is 6.02. The number of likely N-dealkylation sites (N-methyl/N-ethyl adjacent to an activating group) is 1. The zero-order chi connectivity index (χ0) is 14.0. The number of hydrogen-bond donors (Lipinski definition) is 1. The molecule has 106 valence electrons. The predicted octanol–water partition coefficient (Wildman–Crippen LogP) is 2.19. The van der Waals surface area contributed by atoms with Gasteiger partial charge in [-0.1, -0.05) is 6.07 Å². The Kier molecular flexibility index (Phi) is 4.02. The van der Waals surface area contributed by atoms with E-state index < -0.39 is 0 Å². The van der Waals surface area contributed by atoms with E-state index in [1.807, 2.05) is 32.3 Å². The maximum Gasteiger partial charge on any atom is 0.128 e. The number of fused-ring (bicyclic) bond motifs is 1. The van der Waals surface area contributed by atoms with E-state index in [9.17, 15) is 0 Å². The molecule has 1 aromatic carbocycles. The smallest absolute Gasteiger partial charge is 0.128 e. The third kappa shape index (κ3) is 3.61. The molecule has 0 amide bonds. The van der Waals surface area contributed by atoms with E-state index in [4.69, 9.17) is 15.2 Å². The highest BCUT2D eigenvalue weighted by molar-refractivity contribution is 5.44. The molecule has 0 radical (unpaired) electrons. The van der Waals surface area contributed by atoms with Crippen molar-refractivity contribution in [3.63, 3.8) is 0 Å². The van der Waals surface area contributed by atoms with Gasteiger partial charge in [-0.3, -0.25) is 0 Å². The van der Waals surface area contributed by atoms with Gasteiger partial charge in [0.15, 0.2) is 0 Å². The lowest BCUT2D eigenvalue weighted by molar-refractivity contribution is 0.0724. The topological polar surface area (TPSA) is 47.7 Å². The van der Waals surface area contributed by atoms with Gasteiger partial charge in [0.2, 0.25) is 0 Å². The van der Waals surface area contributed by atoms with E-state index in [2.05, 4.69) is 18.7 Å². The SMILES string of the molecule is CN(C)CCOc1ccc2c(c1)OC(C)(C)CC2N. The molecule has 1 aromatic rings. The lowest BCUT2D eigenvalue weighted by Gasteiger charge is -2.36. The first-order chi connectivity index (χ1) is 8.87. The Balaban J connectivity index is 2.10. The largest absolute Gasteiger partial charge is 0.492 e. The number of ether oxygens (including phenoxy) is 2. The van der Waals surface area contributed by atoms with Crippen molar-refractivity contribution < 1.29 is 9.47 Å². The normalized spacial score (nSPS) is 20.8. The average Bonchev–Trinajstić information content (AvgIpc) is 2.26. The first kappa shape index (κ1) is 14.2. The van der Waals surface area contributed by atoms with Crippen LogP contribution in [0.1, 0.15) is 31.9 Å². The van der Waals surface area contributed by atoms with Crippen molar-refractivity contribution in [2.75, 3.05) is 27.2 Å². The summed E-state index contributed by atoms with van der Waals surface area (Å²) in [6.45, 7) is 5.69. The fourth-order valence-electron chi connectivity index (χ4n) is 2.32. The Morgan fingerprint density at radius 3 is 2.84 bits per heavy atom. The summed E-state index contributed by atoms with van der Waals surface area (Å²) < 4.78 is 11.7. The predicted molar refractivity (Wildman–Crippen MR) is 76.7 cm³/mol. The molecule has 19 heavy (non-hydrogen) atoms. The van der Waals surface area contributed by atoms with Crippen LogP contribution in [-0.2, 0) is 0 Å². The first-order valence-electron chi connectivity index (χ1n) is 6.73. The Labute approximate surface area is 115 Å². The average molecular weight is 264 g/mol. The van der Waals surface area contributed by atoms with Gasteiger partial charge < -0.3 is 20.1 Å². The highest BCUT2D eigenvalue weighted by Gasteiger charge is 2.31. The summed E-state index contributed by atoms with van der Waals surface area (Å²) in [6.07, 6.45) is 0.834. The highest BCUT2D eigenvalue weighted by atomic mass is 16.5. The summed E-state index contributed by atoms with van der Waals surface area (Å²) in [7, 11) is 4.06. The molecule has 0 bridgehead atoms. The lowest BCUT2D eigenvalue weighted by atomic mass is 9.90. The molecule has 1 aliphatic heterocycles. The second kappa shape index (κ2) is 5.39. The first-order valence-corrected chi connectivity index (χ1v) is 6.73. The molecule has 0 saturated heterocycles. The fraction of sp³-hybridized carbons (Fsp3) is 0.600. The van der Waals surface area contributed by atoms with Crippen LogP contribution in [0.4, 0.5) is 0 Å². The van der Waals surface area contributed by atoms with E-state index in [-0.39, 0.29) is 11.6 Å². The van der Waals surface area contributed by atoms with Crippen LogP contribution in [0, 0.1) is 0 Å². The molecule has 0 spiro atoms. The van der Waals surface area contributed by atoms with Gasteiger partial charge in [0.1, 0.15) is 23.7 Å². The van der Waals surface area contributed by atoms with Crippen LogP contribution in [0.3, 0.4) is 0 Å². The molecular formula is C15H24N2O2. The maximum absolute atomic E-state index is 6.18. The fourth-order valence-corrected chi connectivity index (χ4v) is 2.32. The molecule has 0 fully saturated rings. The highest BCUT2D eigenvalue weighted by Crippen LogP contribution is 2.39. The van der Waals surface area contributed by atoms with Crippen LogP contribution in [0.25, 0.3) is 0 Å². The number of benzene rings is 1. The van der Waals surface area contributed by atoms with Crippen molar-refractivity contribution in [1.82, 2.24) is 4.90 Å². The lowest BCUT2D eigenvalue weighted by Crippen LogP contribution is -2.37. The molecule has 4 nitrogen and oxygen atoms in total. The molecule has 1 atom stereocenters. The Morgan fingerprint density at radius 1 is 1.42 bits per heavy atom. The van der Waals surface area contributed by atoms with Gasteiger partial charge in [-0.25, -0.2) is 0 Å². The molecule has 1 aliphatic rings. The van der Waals surface area contributed by atoms with Crippen molar-refractivity contribution in [2.24, 2.45) is 5.73 Å². The molecule has 0 aliphatic carbocycles. The third-order valence-corrected chi connectivity index (χ3v) is 3.29. The summed E-state index contributed by atoms with van der Waals surface area (Å²) >= 11 is 0. The molecule has 1 unspecified atom stereocenters. The Morgan fingerprint density at radius 2 is 2.16 bits per heavy atom. The molecule has 0 aromatic heterocycles. The van der Waals surface area contributed by atoms with Crippen LogP contribution in [-0.4, -0.2) is 37.7 Å². The van der Waals surface area contributed by atoms with Crippen molar-refractivity contribution in [3.05, 3.63) is 23.8 Å². The molecule has 2 N–H and O–H groups in total. The minimum atomic E-state index is -0.214. The summed E-state index contributed by atoms with van der Waals surface area (Å²) in [5.41, 5.74) is 7.04. The standard InChI is InChI=1S/C15H24N2O2/c1-15(2)10-13(16)12-6-5-11(9-14(12)19-15)18-8-7-17(3)4/h5-6,9,13H,7-8,10,16H2,1-4H3. The molecular weight excluding hydrogens is 240 g/mol. The maximum atomic E-state index is 6.18. The van der Waals surface area contributed by atoms with E-state index in [0.29, 0.717) is 6.61 Å². The van der Waals surface area contributed by atoms with Gasteiger partial charge >= 0.3 is 0 Å². The summed E-state index contributed by atoms with van der Waals surface area (Å²) in [4.78, 5) is 2.09. The van der Waals surface area contributed by atoms with E-state index in [1.165, 1.54) is 0 Å². The van der Waals surface area contributed by atoms with Crippen molar-refractivity contribution in [1.29, 1.82) is 0 Å². The van der Waals surface area contributed by atoms with Gasteiger partial charge in [0.25, 0.3) is 0 Å². The summed E-state index contributed by atoms with van der Waals surface area (Å²) in [5.74, 6) is 1.69. The van der Waals surface area contributed by atoms with Crippen molar-refractivity contribution in [3.8, 4) is 11.5 Å². The number of nitrogens with zero attached hydrogens (tertiary/aromatic N) is 1. The number of rotatable bonds is 4. The van der Waals surface area contributed by atoms with Crippen LogP contribution in [0.15, 0.2) is 18.2 Å². The van der Waals surface area contributed by atoms with Crippen LogP contribution >= 0.6 is 0 Å². The van der Waals surface area contributed by atoms with Crippen LogP contribution in [0.5, 0.6) is 11.5 Å². The zero-order valence-electron chi connectivity index (χ0n) is 12.3. The molecule has 0 saturated carbocycles. The third-order valence-electron chi connectivity index (χ3n) is 3.29. The monoisotopic (exact) mass is 264 g/mol. The number of nitrogens with two attached hydrogens (primary N) is 1. The van der Waals surface area contributed by atoms with E-state index in [1.54, 1.807) is 0 Å². The van der Waals surface area contributed by atoms with Crippen molar-refractivity contribution >= 4 is 0 Å². The van der Waals surface area contributed by atoms with Crippen molar-refractivity contribution in [2.45, 2.75) is 31.9 Å². The van der Waals surface area contributed by atoms with Gasteiger partial charge in [-0.2, -0.15) is 0 Å². The quantitative estimate of drug-likeness (QED) is 0.905. The van der Waals surface area contributed by atoms with Gasteiger partial charge in [-0.15, -0.1) is 0 Å². The van der Waals surface area contributed by atoms with Gasteiger partial charge in [-0.05, 0) is 34.0 Å². The molecule has 4 heteroatoms. The second-order valence-corrected chi connectivity index (χ2v) is 6.02. The minimum Gasteiger partial charge on any atom is -0.492 e. The van der Waals surface area contributed by atoms with Gasteiger partial charge in [0.05, 0.1) is 0 Å². The Bertz CT molecular complexity index is 444. The van der Waals surface area contributed by atoms with Gasteiger partial charge in [0, 0.05) is 30.6 Å². The summed E-state index contributed by atoms with van der Waals surface area (Å²) in [6, 6.07) is 5.97. The minimum absolute atomic E-state index is 0.0366. The van der Waals surface area contributed by atoms with Crippen LogP contribution < -0.4 is 15.2 Å². The van der Waals surface area contributed by atoms with Crippen LogP contribution in [0.2, 0.25) is 0 Å². The molecule has 2 rings (SSSR count). The van der Waals surface area contributed by atoms with E-state index in [0.717, 1.165) is 30.0 Å². The van der Waals surface area contributed by atoms with E-state index >= 15 is 0 Å². The number of hydrogen-bond acceptors (Lipinski definition) is 4. The molecule has 1 heterocycles. The zero-order valence-corrected chi connectivity index (χ0v) is 12.3. The summed E-state index contributed by atoms with van der Waals surface area (Å²) in [5, 5.41) is 0. The Hall–Kier alpha value is -1.26.